The average molecular weight is 276 g/mol. The summed E-state index contributed by atoms with van der Waals surface area (Å²) in [4.78, 5) is 26.1. The van der Waals surface area contributed by atoms with E-state index in [2.05, 4.69) is 5.32 Å². The van der Waals surface area contributed by atoms with Gasteiger partial charge in [-0.15, -0.1) is 0 Å². The molecule has 0 bridgehead atoms. The largest absolute Gasteiger partial charge is 0.508 e. The van der Waals surface area contributed by atoms with Crippen LogP contribution in [0.1, 0.15) is 35.2 Å². The van der Waals surface area contributed by atoms with Gasteiger partial charge in [-0.05, 0) is 49.9 Å². The van der Waals surface area contributed by atoms with Crippen LogP contribution in [-0.2, 0) is 4.79 Å². The number of hydrogen-bond acceptors (Lipinski definition) is 3. The number of phenols is 1. The van der Waals surface area contributed by atoms with Gasteiger partial charge in [-0.1, -0.05) is 0 Å². The third-order valence-corrected chi connectivity index (χ3v) is 3.76. The number of piperidine rings is 1. The first-order chi connectivity index (χ1) is 9.54. The highest BCUT2D eigenvalue weighted by Crippen LogP contribution is 2.22. The summed E-state index contributed by atoms with van der Waals surface area (Å²) < 4.78 is 0. The lowest BCUT2D eigenvalue weighted by molar-refractivity contribution is -0.126. The summed E-state index contributed by atoms with van der Waals surface area (Å²) in [7, 11) is 1.59. The minimum Gasteiger partial charge on any atom is -0.508 e. The lowest BCUT2D eigenvalue weighted by Crippen LogP contribution is -2.51. The fourth-order valence-corrected chi connectivity index (χ4v) is 2.57. The minimum absolute atomic E-state index is 0.117. The molecule has 1 aromatic rings. The van der Waals surface area contributed by atoms with Gasteiger partial charge < -0.3 is 15.3 Å². The topological polar surface area (TPSA) is 69.6 Å². The lowest BCUT2D eigenvalue weighted by Gasteiger charge is -2.34. The number of nitrogens with one attached hydrogen (secondary N) is 1. The molecular weight excluding hydrogens is 256 g/mol. The van der Waals surface area contributed by atoms with Crippen molar-refractivity contribution in [2.24, 2.45) is 0 Å². The van der Waals surface area contributed by atoms with E-state index in [1.165, 1.54) is 6.07 Å². The molecule has 5 heteroatoms. The van der Waals surface area contributed by atoms with Crippen LogP contribution in [0.2, 0.25) is 0 Å². The van der Waals surface area contributed by atoms with Crippen LogP contribution in [-0.4, -0.2) is 41.5 Å². The molecule has 0 spiro atoms. The maximum absolute atomic E-state index is 12.6. The smallest absolute Gasteiger partial charge is 0.254 e. The van der Waals surface area contributed by atoms with Crippen molar-refractivity contribution in [1.29, 1.82) is 0 Å². The van der Waals surface area contributed by atoms with Crippen molar-refractivity contribution < 1.29 is 14.7 Å². The number of aryl methyl sites for hydroxylation is 1. The minimum atomic E-state index is -0.393. The summed E-state index contributed by atoms with van der Waals surface area (Å²) in [6, 6.07) is 4.38. The van der Waals surface area contributed by atoms with Crippen LogP contribution in [0.4, 0.5) is 0 Å². The molecule has 1 aromatic carbocycles. The Hall–Kier alpha value is -2.04. The first kappa shape index (κ1) is 14.4. The second-order valence-electron chi connectivity index (χ2n) is 5.13. The molecule has 2 N–H and O–H groups in total. The van der Waals surface area contributed by atoms with E-state index in [0.29, 0.717) is 24.1 Å². The highest BCUT2D eigenvalue weighted by Gasteiger charge is 2.32. The van der Waals surface area contributed by atoms with Crippen LogP contribution in [0.15, 0.2) is 18.2 Å². The fourth-order valence-electron chi connectivity index (χ4n) is 2.57. The van der Waals surface area contributed by atoms with Crippen molar-refractivity contribution in [3.63, 3.8) is 0 Å². The van der Waals surface area contributed by atoms with E-state index in [1.807, 2.05) is 0 Å². The van der Waals surface area contributed by atoms with Crippen molar-refractivity contribution in [3.05, 3.63) is 29.3 Å². The van der Waals surface area contributed by atoms with Crippen LogP contribution in [0.3, 0.4) is 0 Å². The van der Waals surface area contributed by atoms with E-state index in [0.717, 1.165) is 12.8 Å². The molecule has 0 radical (unpaired) electrons. The van der Waals surface area contributed by atoms with Gasteiger partial charge in [0.2, 0.25) is 5.91 Å². The van der Waals surface area contributed by atoms with Crippen molar-refractivity contribution >= 4 is 11.8 Å². The van der Waals surface area contributed by atoms with Gasteiger partial charge >= 0.3 is 0 Å². The Balaban J connectivity index is 2.25. The summed E-state index contributed by atoms with van der Waals surface area (Å²) in [5.41, 5.74) is 1.17. The number of carbonyl (C=O) groups excluding carboxylic acids is 2. The zero-order valence-electron chi connectivity index (χ0n) is 11.8. The predicted molar refractivity (Wildman–Crippen MR) is 75.6 cm³/mol. The Bertz CT molecular complexity index is 528. The molecule has 5 nitrogen and oxygen atoms in total. The Morgan fingerprint density at radius 3 is 2.75 bits per heavy atom. The van der Waals surface area contributed by atoms with E-state index in [4.69, 9.17) is 0 Å². The Kier molecular flexibility index (Phi) is 4.27. The zero-order valence-corrected chi connectivity index (χ0v) is 11.8. The van der Waals surface area contributed by atoms with Gasteiger partial charge in [0.25, 0.3) is 5.91 Å². The van der Waals surface area contributed by atoms with E-state index in [9.17, 15) is 14.7 Å². The molecule has 108 valence electrons. The molecule has 0 aliphatic carbocycles. The molecule has 2 amide bonds. The highest BCUT2D eigenvalue weighted by atomic mass is 16.3. The summed E-state index contributed by atoms with van der Waals surface area (Å²) in [5.74, 6) is -0.0991. The number of amides is 2. The SMILES string of the molecule is CNC(=O)C1CCCCN1C(=O)c1ccc(O)c(C)c1. The molecule has 1 atom stereocenters. The number of carbonyl (C=O) groups is 2. The first-order valence-electron chi connectivity index (χ1n) is 6.86. The molecule has 1 heterocycles. The van der Waals surface area contributed by atoms with Gasteiger partial charge in [-0.25, -0.2) is 0 Å². The van der Waals surface area contributed by atoms with E-state index >= 15 is 0 Å². The Morgan fingerprint density at radius 2 is 2.10 bits per heavy atom. The second kappa shape index (κ2) is 5.94. The van der Waals surface area contributed by atoms with Gasteiger partial charge in [0.15, 0.2) is 0 Å². The van der Waals surface area contributed by atoms with Gasteiger partial charge in [0, 0.05) is 19.2 Å². The van der Waals surface area contributed by atoms with Crippen LogP contribution >= 0.6 is 0 Å². The zero-order chi connectivity index (χ0) is 14.7. The fraction of sp³-hybridized carbons (Fsp3) is 0.467. The summed E-state index contributed by atoms with van der Waals surface area (Å²) in [6.45, 7) is 2.34. The molecule has 1 aliphatic heterocycles. The average Bonchev–Trinajstić information content (AvgIpc) is 2.48. The summed E-state index contributed by atoms with van der Waals surface area (Å²) in [5, 5.41) is 12.1. The Labute approximate surface area is 118 Å². The van der Waals surface area contributed by atoms with E-state index < -0.39 is 6.04 Å². The number of hydrogen-bond donors (Lipinski definition) is 2. The highest BCUT2D eigenvalue weighted by molar-refractivity contribution is 5.98. The maximum Gasteiger partial charge on any atom is 0.254 e. The molecular formula is C15H20N2O3. The molecule has 1 fully saturated rings. The number of rotatable bonds is 2. The van der Waals surface area contributed by atoms with Gasteiger partial charge in [0.1, 0.15) is 11.8 Å². The van der Waals surface area contributed by atoms with Crippen molar-refractivity contribution in [3.8, 4) is 5.75 Å². The first-order valence-corrected chi connectivity index (χ1v) is 6.86. The molecule has 1 aliphatic rings. The van der Waals surface area contributed by atoms with Crippen LogP contribution in [0.25, 0.3) is 0 Å². The summed E-state index contributed by atoms with van der Waals surface area (Å²) in [6.07, 6.45) is 2.56. The Morgan fingerprint density at radius 1 is 1.35 bits per heavy atom. The molecule has 0 aromatic heterocycles. The van der Waals surface area contributed by atoms with Crippen LogP contribution in [0.5, 0.6) is 5.75 Å². The number of likely N-dealkylation sites (N-methyl/N-ethyl adjacent to an activating group) is 1. The standard InChI is InChI=1S/C15H20N2O3/c1-10-9-11(6-7-13(10)18)15(20)17-8-4-3-5-12(17)14(19)16-2/h6-7,9,12,18H,3-5,8H2,1-2H3,(H,16,19). The van der Waals surface area contributed by atoms with Gasteiger partial charge in [-0.2, -0.15) is 0 Å². The number of benzene rings is 1. The molecule has 20 heavy (non-hydrogen) atoms. The molecule has 1 saturated heterocycles. The van der Waals surface area contributed by atoms with Gasteiger partial charge in [-0.3, -0.25) is 9.59 Å². The normalized spacial score (nSPS) is 18.7. The number of phenolic OH excluding ortho intramolecular Hbond substituents is 1. The van der Waals surface area contributed by atoms with Crippen molar-refractivity contribution in [1.82, 2.24) is 10.2 Å². The lowest BCUT2D eigenvalue weighted by atomic mass is 9.99. The third kappa shape index (κ3) is 2.76. The second-order valence-corrected chi connectivity index (χ2v) is 5.13. The molecule has 0 saturated carbocycles. The predicted octanol–water partition coefficient (Wildman–Crippen LogP) is 1.44. The van der Waals surface area contributed by atoms with E-state index in [-0.39, 0.29) is 17.6 Å². The van der Waals surface area contributed by atoms with E-state index in [1.54, 1.807) is 31.0 Å². The van der Waals surface area contributed by atoms with Gasteiger partial charge in [0.05, 0.1) is 0 Å². The maximum atomic E-state index is 12.6. The third-order valence-electron chi connectivity index (χ3n) is 3.76. The number of likely N-dealkylation sites (tertiary alicyclic amines) is 1. The summed E-state index contributed by atoms with van der Waals surface area (Å²) >= 11 is 0. The van der Waals surface area contributed by atoms with Crippen LogP contribution < -0.4 is 5.32 Å². The van der Waals surface area contributed by atoms with Crippen molar-refractivity contribution in [2.75, 3.05) is 13.6 Å². The number of aromatic hydroxyl groups is 1. The number of nitrogens with zero attached hydrogens (tertiary/aromatic N) is 1. The monoisotopic (exact) mass is 276 g/mol. The molecule has 1 unspecified atom stereocenters. The molecule has 2 rings (SSSR count). The quantitative estimate of drug-likeness (QED) is 0.858. The van der Waals surface area contributed by atoms with Crippen LogP contribution in [0, 0.1) is 6.92 Å². The van der Waals surface area contributed by atoms with Crippen molar-refractivity contribution in [2.45, 2.75) is 32.2 Å².